The number of rotatable bonds is 2. The van der Waals surface area contributed by atoms with Gasteiger partial charge in [0.25, 0.3) is 6.01 Å². The van der Waals surface area contributed by atoms with Crippen LogP contribution < -0.4 is 10.2 Å². The summed E-state index contributed by atoms with van der Waals surface area (Å²) in [5.74, 6) is 0. The number of anilines is 1. The molecular formula is C13H17N3O. The van der Waals surface area contributed by atoms with Gasteiger partial charge < -0.3 is 14.6 Å². The summed E-state index contributed by atoms with van der Waals surface area (Å²) in [7, 11) is 0. The Bertz CT molecular complexity index is 475. The minimum absolute atomic E-state index is 0.483. The van der Waals surface area contributed by atoms with Gasteiger partial charge in [-0.05, 0) is 18.6 Å². The van der Waals surface area contributed by atoms with Crippen molar-refractivity contribution in [2.75, 3.05) is 24.5 Å². The lowest BCUT2D eigenvalue weighted by Crippen LogP contribution is -2.51. The highest BCUT2D eigenvalue weighted by Gasteiger charge is 2.24. The topological polar surface area (TPSA) is 41.3 Å². The van der Waals surface area contributed by atoms with E-state index in [0.29, 0.717) is 6.04 Å². The van der Waals surface area contributed by atoms with Gasteiger partial charge in [0.2, 0.25) is 0 Å². The monoisotopic (exact) mass is 231 g/mol. The van der Waals surface area contributed by atoms with Crippen molar-refractivity contribution in [1.82, 2.24) is 10.3 Å². The molecule has 0 spiro atoms. The van der Waals surface area contributed by atoms with E-state index in [-0.39, 0.29) is 0 Å². The Labute approximate surface area is 101 Å². The molecular weight excluding hydrogens is 214 g/mol. The average molecular weight is 231 g/mol. The zero-order valence-corrected chi connectivity index (χ0v) is 10.0. The summed E-state index contributed by atoms with van der Waals surface area (Å²) in [6.45, 7) is 5.17. The second-order valence-corrected chi connectivity index (χ2v) is 4.42. The van der Waals surface area contributed by atoms with E-state index in [2.05, 4.69) is 22.1 Å². The number of hydrogen-bond acceptors (Lipinski definition) is 4. The third-order valence-corrected chi connectivity index (χ3v) is 3.35. The van der Waals surface area contributed by atoms with E-state index < -0.39 is 0 Å². The van der Waals surface area contributed by atoms with Gasteiger partial charge in [0.15, 0.2) is 5.58 Å². The normalized spacial score (nSPS) is 21.0. The van der Waals surface area contributed by atoms with Gasteiger partial charge in [-0.2, -0.15) is 4.98 Å². The summed E-state index contributed by atoms with van der Waals surface area (Å²) in [4.78, 5) is 6.84. The highest BCUT2D eigenvalue weighted by Crippen LogP contribution is 2.24. The Kier molecular flexibility index (Phi) is 2.73. The molecule has 0 saturated carbocycles. The first-order valence-corrected chi connectivity index (χ1v) is 6.21. The summed E-state index contributed by atoms with van der Waals surface area (Å²) in [5, 5.41) is 3.41. The maximum absolute atomic E-state index is 5.83. The number of benzene rings is 1. The molecule has 1 N–H and O–H groups in total. The van der Waals surface area contributed by atoms with E-state index in [0.717, 1.165) is 43.2 Å². The zero-order valence-electron chi connectivity index (χ0n) is 10.0. The average Bonchev–Trinajstić information content (AvgIpc) is 2.82. The van der Waals surface area contributed by atoms with Crippen molar-refractivity contribution in [2.45, 2.75) is 19.4 Å². The molecule has 1 aromatic heterocycles. The maximum Gasteiger partial charge on any atom is 0.298 e. The molecule has 1 aliphatic heterocycles. The van der Waals surface area contributed by atoms with Gasteiger partial charge in [-0.1, -0.05) is 19.1 Å². The predicted molar refractivity (Wildman–Crippen MR) is 68.3 cm³/mol. The van der Waals surface area contributed by atoms with Crippen LogP contribution in [0.5, 0.6) is 0 Å². The summed E-state index contributed by atoms with van der Waals surface area (Å²) < 4.78 is 5.83. The molecule has 1 aromatic carbocycles. The molecule has 1 fully saturated rings. The highest BCUT2D eigenvalue weighted by atomic mass is 16.4. The van der Waals surface area contributed by atoms with Crippen molar-refractivity contribution in [3.63, 3.8) is 0 Å². The predicted octanol–water partition coefficient (Wildman–Crippen LogP) is 2.02. The van der Waals surface area contributed by atoms with Crippen LogP contribution in [-0.4, -0.2) is 30.7 Å². The van der Waals surface area contributed by atoms with Gasteiger partial charge in [-0.25, -0.2) is 0 Å². The Balaban J connectivity index is 1.96. The number of hydrogen-bond donors (Lipinski definition) is 1. The lowest BCUT2D eigenvalue weighted by atomic mass is 10.1. The number of fused-ring (bicyclic) bond motifs is 1. The molecule has 0 bridgehead atoms. The second-order valence-electron chi connectivity index (χ2n) is 4.42. The van der Waals surface area contributed by atoms with Gasteiger partial charge in [-0.15, -0.1) is 0 Å². The fourth-order valence-corrected chi connectivity index (χ4v) is 2.36. The number of piperazine rings is 1. The highest BCUT2D eigenvalue weighted by molar-refractivity contribution is 5.74. The minimum atomic E-state index is 0.483. The van der Waals surface area contributed by atoms with Gasteiger partial charge in [0, 0.05) is 25.7 Å². The molecule has 0 unspecified atom stereocenters. The summed E-state index contributed by atoms with van der Waals surface area (Å²) in [6.07, 6.45) is 1.10. The summed E-state index contributed by atoms with van der Waals surface area (Å²) in [5.41, 5.74) is 1.81. The van der Waals surface area contributed by atoms with Crippen LogP contribution in [0.3, 0.4) is 0 Å². The van der Waals surface area contributed by atoms with Crippen LogP contribution in [0, 0.1) is 0 Å². The zero-order chi connectivity index (χ0) is 11.7. The molecule has 2 heterocycles. The van der Waals surface area contributed by atoms with Crippen molar-refractivity contribution in [3.8, 4) is 0 Å². The lowest BCUT2D eigenvalue weighted by molar-refractivity contribution is 0.430. The van der Waals surface area contributed by atoms with Crippen LogP contribution in [0.15, 0.2) is 28.7 Å². The first-order chi connectivity index (χ1) is 8.38. The molecule has 1 aliphatic rings. The van der Waals surface area contributed by atoms with Crippen LogP contribution in [0.25, 0.3) is 11.1 Å². The van der Waals surface area contributed by atoms with E-state index in [1.165, 1.54) is 0 Å². The van der Waals surface area contributed by atoms with E-state index in [4.69, 9.17) is 4.42 Å². The smallest absolute Gasteiger partial charge is 0.298 e. The fourth-order valence-electron chi connectivity index (χ4n) is 2.36. The molecule has 4 nitrogen and oxygen atoms in total. The standard InChI is InChI=1S/C13H17N3O/c1-2-10-9-14-7-8-16(10)13-15-11-5-3-4-6-12(11)17-13/h3-6,10,14H,2,7-9H2,1H3/t10-/m0/s1. The Morgan fingerprint density at radius 1 is 1.47 bits per heavy atom. The molecule has 1 atom stereocenters. The first-order valence-electron chi connectivity index (χ1n) is 6.21. The molecule has 17 heavy (non-hydrogen) atoms. The van der Waals surface area contributed by atoms with Crippen LogP contribution in [0.2, 0.25) is 0 Å². The number of nitrogens with zero attached hydrogens (tertiary/aromatic N) is 2. The molecule has 4 heteroatoms. The number of para-hydroxylation sites is 2. The number of nitrogens with one attached hydrogen (secondary N) is 1. The van der Waals surface area contributed by atoms with E-state index in [9.17, 15) is 0 Å². The largest absolute Gasteiger partial charge is 0.423 e. The molecule has 0 aliphatic carbocycles. The SMILES string of the molecule is CC[C@H]1CNCCN1c1nc2ccccc2o1. The van der Waals surface area contributed by atoms with E-state index >= 15 is 0 Å². The van der Waals surface area contributed by atoms with Crippen molar-refractivity contribution < 1.29 is 4.42 Å². The van der Waals surface area contributed by atoms with Crippen LogP contribution in [0.4, 0.5) is 6.01 Å². The second kappa shape index (κ2) is 4.37. The van der Waals surface area contributed by atoms with Gasteiger partial charge >= 0.3 is 0 Å². The fraction of sp³-hybridized carbons (Fsp3) is 0.462. The number of aromatic nitrogens is 1. The van der Waals surface area contributed by atoms with Crippen molar-refractivity contribution in [3.05, 3.63) is 24.3 Å². The summed E-state index contributed by atoms with van der Waals surface area (Å²) >= 11 is 0. The van der Waals surface area contributed by atoms with Gasteiger partial charge in [-0.3, -0.25) is 0 Å². The van der Waals surface area contributed by atoms with Crippen LogP contribution in [0.1, 0.15) is 13.3 Å². The van der Waals surface area contributed by atoms with Gasteiger partial charge in [0.05, 0.1) is 0 Å². The van der Waals surface area contributed by atoms with Crippen molar-refractivity contribution in [1.29, 1.82) is 0 Å². The summed E-state index contributed by atoms with van der Waals surface area (Å²) in [6, 6.07) is 9.17. The molecule has 0 radical (unpaired) electrons. The lowest BCUT2D eigenvalue weighted by Gasteiger charge is -2.34. The van der Waals surface area contributed by atoms with Crippen molar-refractivity contribution >= 4 is 17.1 Å². The molecule has 0 amide bonds. The van der Waals surface area contributed by atoms with Gasteiger partial charge in [0.1, 0.15) is 5.52 Å². The quantitative estimate of drug-likeness (QED) is 0.858. The van der Waals surface area contributed by atoms with E-state index in [1.54, 1.807) is 0 Å². The van der Waals surface area contributed by atoms with Crippen molar-refractivity contribution in [2.24, 2.45) is 0 Å². The number of oxazole rings is 1. The minimum Gasteiger partial charge on any atom is -0.423 e. The molecule has 1 saturated heterocycles. The third kappa shape index (κ3) is 1.89. The molecule has 3 rings (SSSR count). The van der Waals surface area contributed by atoms with Crippen LogP contribution in [-0.2, 0) is 0 Å². The molecule has 90 valence electrons. The first kappa shape index (κ1) is 10.6. The maximum atomic E-state index is 5.83. The third-order valence-electron chi connectivity index (χ3n) is 3.35. The Hall–Kier alpha value is -1.55. The van der Waals surface area contributed by atoms with Crippen LogP contribution >= 0.6 is 0 Å². The Morgan fingerprint density at radius 2 is 2.35 bits per heavy atom. The molecule has 2 aromatic rings. The van der Waals surface area contributed by atoms with E-state index in [1.807, 2.05) is 24.3 Å². The Morgan fingerprint density at radius 3 is 3.18 bits per heavy atom.